The quantitative estimate of drug-likeness (QED) is 0.882. The second kappa shape index (κ2) is 7.87. The van der Waals surface area contributed by atoms with Crippen LogP contribution in [0.2, 0.25) is 5.02 Å². The zero-order valence-electron chi connectivity index (χ0n) is 11.7. The standard InChI is InChI=1S/C14H15ClN4OS.ClH/c15-10-5-3-4-9(8-10)13-18-19-14(21-13)17-12(20)11-6-1-2-7-16-11;/h3-5,8,11,16H,1-2,6-7H2,(H,17,19,20);1H. The summed E-state index contributed by atoms with van der Waals surface area (Å²) in [5, 5.41) is 16.1. The predicted molar refractivity (Wildman–Crippen MR) is 91.9 cm³/mol. The lowest BCUT2D eigenvalue weighted by Gasteiger charge is -2.21. The Bertz CT molecular complexity index is 643. The van der Waals surface area contributed by atoms with Gasteiger partial charge in [-0.1, -0.05) is 41.5 Å². The zero-order chi connectivity index (χ0) is 14.7. The Morgan fingerprint density at radius 1 is 1.36 bits per heavy atom. The second-order valence-corrected chi connectivity index (χ2v) is 6.33. The van der Waals surface area contributed by atoms with Crippen molar-refractivity contribution in [2.24, 2.45) is 0 Å². The highest BCUT2D eigenvalue weighted by Gasteiger charge is 2.21. The molecule has 0 bridgehead atoms. The third kappa shape index (κ3) is 4.16. The molecular weight excluding hydrogens is 343 g/mol. The van der Waals surface area contributed by atoms with Crippen molar-refractivity contribution in [2.45, 2.75) is 25.3 Å². The fourth-order valence-electron chi connectivity index (χ4n) is 2.28. The molecule has 0 saturated carbocycles. The maximum Gasteiger partial charge on any atom is 0.243 e. The van der Waals surface area contributed by atoms with E-state index < -0.39 is 0 Å². The smallest absolute Gasteiger partial charge is 0.243 e. The summed E-state index contributed by atoms with van der Waals surface area (Å²) >= 11 is 7.31. The van der Waals surface area contributed by atoms with Crippen molar-refractivity contribution in [3.63, 3.8) is 0 Å². The normalized spacial score (nSPS) is 17.6. The first kappa shape index (κ1) is 17.1. The zero-order valence-corrected chi connectivity index (χ0v) is 14.1. The van der Waals surface area contributed by atoms with Crippen molar-refractivity contribution in [3.05, 3.63) is 29.3 Å². The monoisotopic (exact) mass is 358 g/mol. The topological polar surface area (TPSA) is 66.9 Å². The van der Waals surface area contributed by atoms with Crippen molar-refractivity contribution < 1.29 is 4.79 Å². The van der Waals surface area contributed by atoms with Crippen LogP contribution in [0.5, 0.6) is 0 Å². The molecule has 1 aromatic heterocycles. The van der Waals surface area contributed by atoms with Gasteiger partial charge in [0.05, 0.1) is 6.04 Å². The van der Waals surface area contributed by atoms with Crippen molar-refractivity contribution >= 4 is 46.4 Å². The Hall–Kier alpha value is -1.21. The van der Waals surface area contributed by atoms with Gasteiger partial charge >= 0.3 is 0 Å². The Labute approximate surface area is 143 Å². The van der Waals surface area contributed by atoms with Gasteiger partial charge in [-0.25, -0.2) is 0 Å². The minimum Gasteiger partial charge on any atom is -0.306 e. The van der Waals surface area contributed by atoms with Gasteiger partial charge < -0.3 is 5.32 Å². The van der Waals surface area contributed by atoms with E-state index in [9.17, 15) is 4.79 Å². The number of nitrogens with zero attached hydrogens (tertiary/aromatic N) is 2. The van der Waals surface area contributed by atoms with E-state index in [-0.39, 0.29) is 24.4 Å². The summed E-state index contributed by atoms with van der Waals surface area (Å²) < 4.78 is 0. The molecule has 5 nitrogen and oxygen atoms in total. The number of piperidine rings is 1. The number of anilines is 1. The van der Waals surface area contributed by atoms with Crippen LogP contribution in [-0.4, -0.2) is 28.7 Å². The average molecular weight is 359 g/mol. The molecule has 2 aromatic rings. The number of benzene rings is 1. The SMILES string of the molecule is Cl.O=C(Nc1nnc(-c2cccc(Cl)c2)s1)C1CCCCN1. The minimum atomic E-state index is -0.128. The number of carbonyl (C=O) groups is 1. The van der Waals surface area contributed by atoms with E-state index in [4.69, 9.17) is 11.6 Å². The van der Waals surface area contributed by atoms with E-state index in [1.165, 1.54) is 11.3 Å². The number of amides is 1. The van der Waals surface area contributed by atoms with E-state index in [2.05, 4.69) is 20.8 Å². The summed E-state index contributed by atoms with van der Waals surface area (Å²) in [4.78, 5) is 12.1. The van der Waals surface area contributed by atoms with Gasteiger partial charge in [-0.3, -0.25) is 10.1 Å². The molecule has 2 N–H and O–H groups in total. The van der Waals surface area contributed by atoms with Crippen LogP contribution >= 0.6 is 35.3 Å². The van der Waals surface area contributed by atoms with E-state index in [0.29, 0.717) is 10.2 Å². The molecule has 1 amide bonds. The third-order valence-electron chi connectivity index (χ3n) is 3.35. The maximum atomic E-state index is 12.1. The van der Waals surface area contributed by atoms with Crippen molar-refractivity contribution in [1.29, 1.82) is 0 Å². The number of hydrogen-bond donors (Lipinski definition) is 2. The molecule has 1 unspecified atom stereocenters. The van der Waals surface area contributed by atoms with Gasteiger partial charge in [-0.2, -0.15) is 0 Å². The summed E-state index contributed by atoms with van der Waals surface area (Å²) in [6.45, 7) is 0.891. The molecule has 0 radical (unpaired) electrons. The largest absolute Gasteiger partial charge is 0.306 e. The van der Waals surface area contributed by atoms with Gasteiger partial charge in [-0.05, 0) is 31.5 Å². The van der Waals surface area contributed by atoms with Crippen molar-refractivity contribution in [2.75, 3.05) is 11.9 Å². The number of carbonyl (C=O) groups excluding carboxylic acids is 1. The van der Waals surface area contributed by atoms with Crippen molar-refractivity contribution in [1.82, 2.24) is 15.5 Å². The molecule has 0 spiro atoms. The van der Waals surface area contributed by atoms with Crippen LogP contribution in [0.1, 0.15) is 19.3 Å². The van der Waals surface area contributed by atoms with E-state index >= 15 is 0 Å². The number of halogens is 2. The Morgan fingerprint density at radius 2 is 2.23 bits per heavy atom. The van der Waals surface area contributed by atoms with Gasteiger partial charge in [0.25, 0.3) is 0 Å². The maximum absolute atomic E-state index is 12.1. The van der Waals surface area contributed by atoms with Gasteiger partial charge in [0, 0.05) is 10.6 Å². The first-order valence-electron chi connectivity index (χ1n) is 6.86. The fourth-order valence-corrected chi connectivity index (χ4v) is 3.21. The summed E-state index contributed by atoms with van der Waals surface area (Å²) in [5.74, 6) is -0.0384. The molecule has 0 aliphatic carbocycles. The summed E-state index contributed by atoms with van der Waals surface area (Å²) in [6.07, 6.45) is 3.07. The summed E-state index contributed by atoms with van der Waals surface area (Å²) in [6, 6.07) is 7.29. The fraction of sp³-hybridized carbons (Fsp3) is 0.357. The molecule has 118 valence electrons. The molecule has 1 aliphatic heterocycles. The van der Waals surface area contributed by atoms with Crippen LogP contribution in [-0.2, 0) is 4.79 Å². The number of rotatable bonds is 3. The first-order valence-corrected chi connectivity index (χ1v) is 8.05. The summed E-state index contributed by atoms with van der Waals surface area (Å²) in [7, 11) is 0. The van der Waals surface area contributed by atoms with Crippen LogP contribution in [0, 0.1) is 0 Å². The van der Waals surface area contributed by atoms with Gasteiger partial charge in [0.15, 0.2) is 0 Å². The Kier molecular flexibility index (Phi) is 6.14. The second-order valence-electron chi connectivity index (χ2n) is 4.91. The van der Waals surface area contributed by atoms with E-state index in [1.807, 2.05) is 24.3 Å². The number of hydrogen-bond acceptors (Lipinski definition) is 5. The van der Waals surface area contributed by atoms with Gasteiger partial charge in [0.2, 0.25) is 11.0 Å². The van der Waals surface area contributed by atoms with Crippen LogP contribution in [0.15, 0.2) is 24.3 Å². The van der Waals surface area contributed by atoms with Crippen LogP contribution in [0.3, 0.4) is 0 Å². The highest BCUT2D eigenvalue weighted by molar-refractivity contribution is 7.18. The Balaban J connectivity index is 0.00000176. The highest BCUT2D eigenvalue weighted by atomic mass is 35.5. The molecule has 1 aromatic carbocycles. The third-order valence-corrected chi connectivity index (χ3v) is 4.48. The highest BCUT2D eigenvalue weighted by Crippen LogP contribution is 2.28. The lowest BCUT2D eigenvalue weighted by atomic mass is 10.0. The van der Waals surface area contributed by atoms with Gasteiger partial charge in [0.1, 0.15) is 5.01 Å². The first-order chi connectivity index (χ1) is 10.2. The van der Waals surface area contributed by atoms with E-state index in [1.54, 1.807) is 0 Å². The van der Waals surface area contributed by atoms with Crippen molar-refractivity contribution in [3.8, 4) is 10.6 Å². The molecule has 1 saturated heterocycles. The molecule has 2 heterocycles. The molecule has 3 rings (SSSR count). The Morgan fingerprint density at radius 3 is 2.95 bits per heavy atom. The minimum absolute atomic E-state index is 0. The molecule has 22 heavy (non-hydrogen) atoms. The predicted octanol–water partition coefficient (Wildman–Crippen LogP) is 3.36. The molecule has 1 fully saturated rings. The number of nitrogens with one attached hydrogen (secondary N) is 2. The molecule has 1 aliphatic rings. The molecule has 1 atom stereocenters. The van der Waals surface area contributed by atoms with Crippen LogP contribution < -0.4 is 10.6 Å². The van der Waals surface area contributed by atoms with Crippen LogP contribution in [0.25, 0.3) is 10.6 Å². The molecular formula is C14H16Cl2N4OS. The summed E-state index contributed by atoms with van der Waals surface area (Å²) in [5.41, 5.74) is 0.899. The number of aromatic nitrogens is 2. The van der Waals surface area contributed by atoms with E-state index in [0.717, 1.165) is 36.4 Å². The lowest BCUT2D eigenvalue weighted by molar-refractivity contribution is -0.118. The molecule has 8 heteroatoms. The van der Waals surface area contributed by atoms with Crippen LogP contribution in [0.4, 0.5) is 5.13 Å². The van der Waals surface area contributed by atoms with Gasteiger partial charge in [-0.15, -0.1) is 22.6 Å². The lowest BCUT2D eigenvalue weighted by Crippen LogP contribution is -2.43. The average Bonchev–Trinajstić information content (AvgIpc) is 2.97.